The van der Waals surface area contributed by atoms with Crippen LogP contribution in [0.2, 0.25) is 10.2 Å². The van der Waals surface area contributed by atoms with Gasteiger partial charge in [-0.25, -0.2) is 15.0 Å². The average Bonchev–Trinajstić information content (AvgIpc) is 3.00. The van der Waals surface area contributed by atoms with Gasteiger partial charge in [-0.3, -0.25) is 0 Å². The molecule has 0 amide bonds. The third-order valence-electron chi connectivity index (χ3n) is 3.40. The van der Waals surface area contributed by atoms with Gasteiger partial charge in [-0.1, -0.05) is 53.2 Å². The molecule has 0 unspecified atom stereocenters. The summed E-state index contributed by atoms with van der Waals surface area (Å²) in [5.41, 5.74) is 3.05. The molecule has 118 valence electrons. The van der Waals surface area contributed by atoms with Gasteiger partial charge in [0, 0.05) is 16.7 Å². The number of hydrogen-bond donors (Lipinski definition) is 1. The lowest BCUT2D eigenvalue weighted by Crippen LogP contribution is -1.87. The highest BCUT2D eigenvalue weighted by atomic mass is 35.5. The Morgan fingerprint density at radius 2 is 1.83 bits per heavy atom. The molecule has 0 atom stereocenters. The van der Waals surface area contributed by atoms with E-state index in [-0.39, 0.29) is 0 Å². The van der Waals surface area contributed by atoms with Gasteiger partial charge in [0.2, 0.25) is 0 Å². The standard InChI is InChI=1S/C17H10Cl2N4S/c18-11-4-1-2-6-13(11)24-15-7-3-5-12(22-15)10-8-20-17-16(10)23-14(19)9-21-17/h1-9H,(H,20,21). The maximum absolute atomic E-state index is 6.22. The molecule has 3 heterocycles. The Bertz CT molecular complexity index is 1030. The van der Waals surface area contributed by atoms with Crippen molar-refractivity contribution in [2.24, 2.45) is 0 Å². The van der Waals surface area contributed by atoms with Crippen molar-refractivity contribution in [3.05, 3.63) is 65.0 Å². The van der Waals surface area contributed by atoms with E-state index in [0.29, 0.717) is 21.3 Å². The molecular formula is C17H10Cl2N4S. The Morgan fingerprint density at radius 3 is 2.71 bits per heavy atom. The van der Waals surface area contributed by atoms with Crippen LogP contribution in [0.15, 0.2) is 64.8 Å². The fourth-order valence-corrected chi connectivity index (χ4v) is 3.54. The van der Waals surface area contributed by atoms with Crippen molar-refractivity contribution in [2.45, 2.75) is 9.92 Å². The van der Waals surface area contributed by atoms with Gasteiger partial charge in [0.15, 0.2) is 5.65 Å². The molecule has 4 rings (SSSR count). The number of hydrogen-bond acceptors (Lipinski definition) is 4. The van der Waals surface area contributed by atoms with E-state index in [1.807, 2.05) is 48.7 Å². The zero-order valence-electron chi connectivity index (χ0n) is 12.2. The Balaban J connectivity index is 1.74. The smallest absolute Gasteiger partial charge is 0.156 e. The first-order valence-electron chi connectivity index (χ1n) is 7.10. The third kappa shape index (κ3) is 2.98. The molecule has 0 bridgehead atoms. The van der Waals surface area contributed by atoms with Gasteiger partial charge in [-0.2, -0.15) is 0 Å². The molecule has 0 aliphatic heterocycles. The number of pyridine rings is 1. The largest absolute Gasteiger partial charge is 0.344 e. The molecule has 24 heavy (non-hydrogen) atoms. The Kier molecular flexibility index (Phi) is 4.14. The van der Waals surface area contributed by atoms with Gasteiger partial charge in [0.1, 0.15) is 15.7 Å². The second-order valence-electron chi connectivity index (χ2n) is 4.99. The predicted octanol–water partition coefficient (Wildman–Crippen LogP) is 5.48. The molecule has 0 spiro atoms. The molecule has 0 saturated heterocycles. The van der Waals surface area contributed by atoms with Gasteiger partial charge >= 0.3 is 0 Å². The van der Waals surface area contributed by atoms with Crippen molar-refractivity contribution in [1.29, 1.82) is 0 Å². The van der Waals surface area contributed by atoms with E-state index in [9.17, 15) is 0 Å². The zero-order chi connectivity index (χ0) is 16.5. The summed E-state index contributed by atoms with van der Waals surface area (Å²) in [5, 5.41) is 1.91. The number of H-pyrrole nitrogens is 1. The van der Waals surface area contributed by atoms with Crippen molar-refractivity contribution in [3.8, 4) is 11.3 Å². The van der Waals surface area contributed by atoms with Crippen molar-refractivity contribution < 1.29 is 0 Å². The zero-order valence-corrected chi connectivity index (χ0v) is 14.5. The first-order chi connectivity index (χ1) is 11.7. The molecule has 0 fully saturated rings. The molecule has 1 N–H and O–H groups in total. The highest BCUT2D eigenvalue weighted by molar-refractivity contribution is 7.99. The number of aromatic amines is 1. The van der Waals surface area contributed by atoms with Gasteiger partial charge in [-0.15, -0.1) is 0 Å². The summed E-state index contributed by atoms with van der Waals surface area (Å²) >= 11 is 13.7. The lowest BCUT2D eigenvalue weighted by Gasteiger charge is -2.05. The molecule has 0 aliphatic carbocycles. The molecule has 1 aromatic carbocycles. The molecule has 4 aromatic rings. The number of nitrogens with zero attached hydrogens (tertiary/aromatic N) is 3. The van der Waals surface area contributed by atoms with Crippen LogP contribution in [0.3, 0.4) is 0 Å². The first-order valence-corrected chi connectivity index (χ1v) is 8.67. The van der Waals surface area contributed by atoms with E-state index in [4.69, 9.17) is 28.2 Å². The van der Waals surface area contributed by atoms with Crippen LogP contribution < -0.4 is 0 Å². The molecule has 3 aromatic heterocycles. The van der Waals surface area contributed by atoms with E-state index in [1.54, 1.807) is 0 Å². The summed E-state index contributed by atoms with van der Waals surface area (Å²) in [6.07, 6.45) is 3.36. The number of rotatable bonds is 3. The van der Waals surface area contributed by atoms with Crippen LogP contribution in [0, 0.1) is 0 Å². The van der Waals surface area contributed by atoms with Gasteiger partial charge in [0.25, 0.3) is 0 Å². The van der Waals surface area contributed by atoms with Crippen LogP contribution in [-0.4, -0.2) is 19.9 Å². The van der Waals surface area contributed by atoms with Gasteiger partial charge < -0.3 is 4.98 Å². The second kappa shape index (κ2) is 6.43. The number of halogens is 2. The van der Waals surface area contributed by atoms with Crippen LogP contribution >= 0.6 is 35.0 Å². The Labute approximate surface area is 152 Å². The molecule has 4 nitrogen and oxygen atoms in total. The maximum Gasteiger partial charge on any atom is 0.156 e. The minimum Gasteiger partial charge on any atom is -0.344 e. The minimum absolute atomic E-state index is 0.352. The van der Waals surface area contributed by atoms with Crippen LogP contribution in [0.1, 0.15) is 0 Å². The van der Waals surface area contributed by atoms with E-state index in [1.165, 1.54) is 18.0 Å². The number of fused-ring (bicyclic) bond motifs is 1. The molecular weight excluding hydrogens is 363 g/mol. The van der Waals surface area contributed by atoms with Gasteiger partial charge in [-0.05, 0) is 24.3 Å². The number of nitrogens with one attached hydrogen (secondary N) is 1. The average molecular weight is 373 g/mol. The van der Waals surface area contributed by atoms with E-state index in [0.717, 1.165) is 21.2 Å². The normalized spacial score (nSPS) is 11.1. The van der Waals surface area contributed by atoms with Crippen molar-refractivity contribution in [1.82, 2.24) is 19.9 Å². The highest BCUT2D eigenvalue weighted by Crippen LogP contribution is 2.33. The lowest BCUT2D eigenvalue weighted by atomic mass is 10.2. The van der Waals surface area contributed by atoms with E-state index >= 15 is 0 Å². The number of benzene rings is 1. The van der Waals surface area contributed by atoms with Crippen LogP contribution in [0.4, 0.5) is 0 Å². The molecule has 0 radical (unpaired) electrons. The second-order valence-corrected chi connectivity index (χ2v) is 6.84. The summed E-state index contributed by atoms with van der Waals surface area (Å²) in [6, 6.07) is 13.5. The summed E-state index contributed by atoms with van der Waals surface area (Å²) in [4.78, 5) is 17.3. The molecule has 7 heteroatoms. The van der Waals surface area contributed by atoms with Crippen LogP contribution in [0.5, 0.6) is 0 Å². The van der Waals surface area contributed by atoms with Gasteiger partial charge in [0.05, 0.1) is 16.9 Å². The third-order valence-corrected chi connectivity index (χ3v) is 5.04. The fraction of sp³-hybridized carbons (Fsp3) is 0. The molecule has 0 aliphatic rings. The summed E-state index contributed by atoms with van der Waals surface area (Å²) < 4.78 is 0. The predicted molar refractivity (Wildman–Crippen MR) is 97.7 cm³/mol. The van der Waals surface area contributed by atoms with Crippen molar-refractivity contribution >= 4 is 46.1 Å². The summed E-state index contributed by atoms with van der Waals surface area (Å²) in [6.45, 7) is 0. The Morgan fingerprint density at radius 1 is 0.958 bits per heavy atom. The first kappa shape index (κ1) is 15.4. The topological polar surface area (TPSA) is 54.5 Å². The maximum atomic E-state index is 6.22. The fourth-order valence-electron chi connectivity index (χ4n) is 2.33. The minimum atomic E-state index is 0.352. The summed E-state index contributed by atoms with van der Waals surface area (Å²) in [7, 11) is 0. The monoisotopic (exact) mass is 372 g/mol. The van der Waals surface area contributed by atoms with Crippen molar-refractivity contribution in [2.75, 3.05) is 0 Å². The van der Waals surface area contributed by atoms with Crippen LogP contribution in [0.25, 0.3) is 22.4 Å². The lowest BCUT2D eigenvalue weighted by molar-refractivity contribution is 1.14. The Hall–Kier alpha value is -2.08. The van der Waals surface area contributed by atoms with E-state index in [2.05, 4.69) is 15.0 Å². The SMILES string of the molecule is Clc1cnc2[nH]cc(-c3cccc(Sc4ccccc4Cl)n3)c2n1. The van der Waals surface area contributed by atoms with E-state index < -0.39 is 0 Å². The van der Waals surface area contributed by atoms with Crippen molar-refractivity contribution in [3.63, 3.8) is 0 Å². The quantitative estimate of drug-likeness (QED) is 0.517. The highest BCUT2D eigenvalue weighted by Gasteiger charge is 2.12. The van der Waals surface area contributed by atoms with Crippen LogP contribution in [-0.2, 0) is 0 Å². The molecule has 0 saturated carbocycles. The summed E-state index contributed by atoms with van der Waals surface area (Å²) in [5.74, 6) is 0. The number of aromatic nitrogens is 4.